The third kappa shape index (κ3) is 13.0. The molecule has 1 saturated heterocycles. The average Bonchev–Trinajstić information content (AvgIpc) is 3.25. The Morgan fingerprint density at radius 2 is 1.66 bits per heavy atom. The van der Waals surface area contributed by atoms with Crippen LogP contribution in [0, 0.1) is 6.92 Å². The van der Waals surface area contributed by atoms with Gasteiger partial charge in [0.15, 0.2) is 0 Å². The molecule has 4 aromatic carbocycles. The second-order valence-electron chi connectivity index (χ2n) is 17.0. The first-order valence-corrected chi connectivity index (χ1v) is 23.3. The fourth-order valence-electron chi connectivity index (χ4n) is 8.32. The lowest BCUT2D eigenvalue weighted by Gasteiger charge is -2.45. The zero-order valence-electron chi connectivity index (χ0n) is 37.2. The highest BCUT2D eigenvalue weighted by molar-refractivity contribution is 7.89. The van der Waals surface area contributed by atoms with Gasteiger partial charge in [0.1, 0.15) is 19.0 Å². The topological polar surface area (TPSA) is 125 Å². The van der Waals surface area contributed by atoms with E-state index in [0.717, 1.165) is 58.8 Å². The lowest BCUT2D eigenvalue weighted by atomic mass is 9.80. The molecule has 2 aliphatic heterocycles. The van der Waals surface area contributed by atoms with E-state index in [0.29, 0.717) is 45.9 Å². The Balaban J connectivity index is 1.28. The first-order valence-electron chi connectivity index (χ1n) is 21.8. The first kappa shape index (κ1) is 47.0. The largest absolute Gasteiger partial charge is 0.490 e. The van der Waals surface area contributed by atoms with Gasteiger partial charge in [0.25, 0.3) is 0 Å². The van der Waals surface area contributed by atoms with Crippen molar-refractivity contribution in [3.05, 3.63) is 125 Å². The second kappa shape index (κ2) is 22.2. The summed E-state index contributed by atoms with van der Waals surface area (Å²) in [7, 11) is -2.29. The van der Waals surface area contributed by atoms with Crippen LogP contribution >= 0.6 is 0 Å². The molecule has 12 nitrogen and oxygen atoms in total. The number of carbonyl (C=O) groups excluding carboxylic acids is 1. The van der Waals surface area contributed by atoms with Crippen molar-refractivity contribution >= 4 is 21.8 Å². The minimum atomic E-state index is -4.01. The van der Waals surface area contributed by atoms with Gasteiger partial charge in [-0.1, -0.05) is 78.4 Å². The molecule has 6 rings (SSSR count). The van der Waals surface area contributed by atoms with Crippen LogP contribution in [0.2, 0.25) is 0 Å². The van der Waals surface area contributed by atoms with Gasteiger partial charge in [0.2, 0.25) is 10.0 Å². The zero-order chi connectivity index (χ0) is 44.1. The average molecular weight is 872 g/mol. The Kier molecular flexibility index (Phi) is 16.8. The molecule has 0 radical (unpaired) electrons. The van der Waals surface area contributed by atoms with Crippen molar-refractivity contribution in [3.63, 3.8) is 0 Å². The Bertz CT molecular complexity index is 2120. The number of amides is 1. The predicted octanol–water partition coefficient (Wildman–Crippen LogP) is 8.40. The number of hydrogen-bond donors (Lipinski definition) is 1. The van der Waals surface area contributed by atoms with Crippen LogP contribution in [-0.2, 0) is 53.5 Å². The van der Waals surface area contributed by atoms with Gasteiger partial charge in [-0.2, -0.15) is 4.31 Å². The molecule has 2 heterocycles. The first-order chi connectivity index (χ1) is 29.8. The van der Waals surface area contributed by atoms with E-state index in [4.69, 9.17) is 28.4 Å². The molecule has 1 fully saturated rings. The monoisotopic (exact) mass is 871 g/mol. The maximum absolute atomic E-state index is 14.8. The Morgan fingerprint density at radius 3 is 2.39 bits per heavy atom. The SMILES string of the molecule is CCOC(C)COCc1ccc([C@H]2C[C@H](CC(C)(C)NC(=O)OCc3ccccc3)N(S(=O)(=O)c3ccc(C)cc3)C[C@@H]2OCc2ccc3c(c2)N(CCCOC)CCO3)cc1. The van der Waals surface area contributed by atoms with Crippen molar-refractivity contribution < 1.29 is 41.6 Å². The molecule has 1 unspecified atom stereocenters. The van der Waals surface area contributed by atoms with Crippen molar-refractivity contribution in [2.75, 3.05) is 58.1 Å². The summed E-state index contributed by atoms with van der Waals surface area (Å²) in [6.45, 7) is 14.7. The number of methoxy groups -OCH3 is 1. The summed E-state index contributed by atoms with van der Waals surface area (Å²) in [5, 5.41) is 3.03. The fraction of sp³-hybridized carbons (Fsp3) is 0.490. The molecule has 62 heavy (non-hydrogen) atoms. The minimum Gasteiger partial charge on any atom is -0.490 e. The molecule has 13 heteroatoms. The zero-order valence-corrected chi connectivity index (χ0v) is 38.0. The lowest BCUT2D eigenvalue weighted by Crippen LogP contribution is -2.56. The summed E-state index contributed by atoms with van der Waals surface area (Å²) < 4.78 is 66.6. The quantitative estimate of drug-likeness (QED) is 0.0817. The van der Waals surface area contributed by atoms with Crippen LogP contribution in [-0.4, -0.2) is 95.8 Å². The normalized spacial score (nSPS) is 18.7. The van der Waals surface area contributed by atoms with E-state index in [-0.39, 0.29) is 36.7 Å². The number of alkyl carbamates (subject to hydrolysis) is 1. The molecule has 336 valence electrons. The van der Waals surface area contributed by atoms with E-state index < -0.39 is 33.8 Å². The molecule has 1 amide bonds. The maximum Gasteiger partial charge on any atom is 0.407 e. The number of hydrogen-bond acceptors (Lipinski definition) is 10. The number of benzene rings is 4. The Morgan fingerprint density at radius 1 is 0.935 bits per heavy atom. The number of ether oxygens (including phenoxy) is 6. The van der Waals surface area contributed by atoms with Crippen molar-refractivity contribution in [3.8, 4) is 5.75 Å². The molecule has 0 saturated carbocycles. The van der Waals surface area contributed by atoms with Crippen molar-refractivity contribution in [1.29, 1.82) is 0 Å². The van der Waals surface area contributed by atoms with E-state index in [9.17, 15) is 13.2 Å². The smallest absolute Gasteiger partial charge is 0.407 e. The van der Waals surface area contributed by atoms with E-state index in [1.807, 2.05) is 89.2 Å². The lowest BCUT2D eigenvalue weighted by molar-refractivity contribution is -0.0236. The Labute approximate surface area is 368 Å². The van der Waals surface area contributed by atoms with Crippen LogP contribution in [0.4, 0.5) is 10.5 Å². The summed E-state index contributed by atoms with van der Waals surface area (Å²) in [6, 6.07) is 30.4. The number of fused-ring (bicyclic) bond motifs is 1. The maximum atomic E-state index is 14.8. The van der Waals surface area contributed by atoms with Crippen molar-refractivity contribution in [2.24, 2.45) is 0 Å². The standard InChI is InChI=1S/C49H65N3O9S/c1-7-58-37(3)32-57-33-39-16-19-41(20-17-39)44-29-42(30-49(4,5)50-48(53)61-34-38-12-9-8-10-13-38)52(62(54,55)43-21-14-36(2)15-22-43)31-47(44)60-35-40-18-23-46-45(28-40)51(25-27-59-46)24-11-26-56-6/h8-10,12-23,28,37,42,44,47H,7,11,24-27,29-35H2,1-6H3,(H,50,53)/t37?,42-,44-,47+/m1/s1. The third-order valence-electron chi connectivity index (χ3n) is 11.5. The Hall–Kier alpha value is -4.50. The van der Waals surface area contributed by atoms with E-state index >= 15 is 0 Å². The van der Waals surface area contributed by atoms with Crippen molar-refractivity contribution in [2.45, 2.75) is 108 Å². The van der Waals surface area contributed by atoms with Crippen molar-refractivity contribution in [1.82, 2.24) is 9.62 Å². The molecule has 1 N–H and O–H groups in total. The van der Waals surface area contributed by atoms with Crippen LogP contribution in [0.15, 0.2) is 102 Å². The molecule has 4 atom stereocenters. The van der Waals surface area contributed by atoms with Crippen LogP contribution in [0.25, 0.3) is 0 Å². The number of anilines is 1. The van der Waals surface area contributed by atoms with E-state index in [2.05, 4.69) is 40.5 Å². The molecular weight excluding hydrogens is 807 g/mol. The van der Waals surface area contributed by atoms with Crippen LogP contribution in [0.5, 0.6) is 5.75 Å². The van der Waals surface area contributed by atoms with Gasteiger partial charge in [-0.15, -0.1) is 0 Å². The van der Waals surface area contributed by atoms with Crippen LogP contribution < -0.4 is 15.0 Å². The number of aryl methyl sites for hydroxylation is 1. The molecule has 2 aliphatic rings. The predicted molar refractivity (Wildman–Crippen MR) is 241 cm³/mol. The highest BCUT2D eigenvalue weighted by atomic mass is 32.2. The fourth-order valence-corrected chi connectivity index (χ4v) is 9.96. The number of rotatable bonds is 21. The summed E-state index contributed by atoms with van der Waals surface area (Å²) in [5.74, 6) is 0.660. The molecule has 4 aromatic rings. The molecule has 0 spiro atoms. The molecule has 0 aliphatic carbocycles. The molecule has 0 bridgehead atoms. The highest BCUT2D eigenvalue weighted by Gasteiger charge is 2.45. The summed E-state index contributed by atoms with van der Waals surface area (Å²) >= 11 is 0. The van der Waals surface area contributed by atoms with E-state index in [1.54, 1.807) is 23.5 Å². The van der Waals surface area contributed by atoms with E-state index in [1.165, 1.54) is 0 Å². The number of piperidine rings is 1. The van der Waals surface area contributed by atoms with Gasteiger partial charge in [0, 0.05) is 50.9 Å². The third-order valence-corrected chi connectivity index (χ3v) is 13.4. The van der Waals surface area contributed by atoms with Gasteiger partial charge in [-0.25, -0.2) is 13.2 Å². The summed E-state index contributed by atoms with van der Waals surface area (Å²) in [5.41, 5.74) is 5.04. The van der Waals surface area contributed by atoms with Gasteiger partial charge >= 0.3 is 6.09 Å². The van der Waals surface area contributed by atoms with Gasteiger partial charge in [-0.05, 0) is 100 Å². The summed E-state index contributed by atoms with van der Waals surface area (Å²) in [6.07, 6.45) is 0.605. The van der Waals surface area contributed by atoms with Gasteiger partial charge in [-0.3, -0.25) is 0 Å². The number of sulfonamides is 1. The second-order valence-corrected chi connectivity index (χ2v) is 18.9. The molecular formula is C49H65N3O9S. The summed E-state index contributed by atoms with van der Waals surface area (Å²) in [4.78, 5) is 15.7. The number of nitrogens with zero attached hydrogens (tertiary/aromatic N) is 2. The molecule has 0 aromatic heterocycles. The van der Waals surface area contributed by atoms with Gasteiger partial charge in [0.05, 0.1) is 49.2 Å². The van der Waals surface area contributed by atoms with Gasteiger partial charge < -0.3 is 38.6 Å². The minimum absolute atomic E-state index is 0.00122. The van der Waals surface area contributed by atoms with Crippen LogP contribution in [0.3, 0.4) is 0 Å². The van der Waals surface area contributed by atoms with Crippen LogP contribution in [0.1, 0.15) is 80.7 Å². The number of nitrogens with one attached hydrogen (secondary N) is 1. The highest BCUT2D eigenvalue weighted by Crippen LogP contribution is 2.40. The number of carbonyl (C=O) groups is 1.